The first-order valence-corrected chi connectivity index (χ1v) is 5.97. The van der Waals surface area contributed by atoms with E-state index in [1.54, 1.807) is 0 Å². The van der Waals surface area contributed by atoms with E-state index >= 15 is 0 Å². The van der Waals surface area contributed by atoms with Crippen LogP contribution in [0.4, 0.5) is 0 Å². The normalized spacial score (nSPS) is 9.06. The molecule has 0 fully saturated rings. The maximum absolute atomic E-state index is 10.1. The summed E-state index contributed by atoms with van der Waals surface area (Å²) in [5.74, 6) is -0.909. The molecular weight excluding hydrogens is 238 g/mol. The second-order valence-corrected chi connectivity index (χ2v) is 3.95. The summed E-state index contributed by atoms with van der Waals surface area (Å²) in [6.45, 7) is 2.22. The van der Waals surface area contributed by atoms with E-state index < -0.39 is 5.97 Å². The summed E-state index contributed by atoms with van der Waals surface area (Å²) in [5, 5.41) is 10.1. The summed E-state index contributed by atoms with van der Waals surface area (Å²) >= 11 is 0. The van der Waals surface area contributed by atoms with E-state index in [1.807, 2.05) is 0 Å². The van der Waals surface area contributed by atoms with Gasteiger partial charge in [0.1, 0.15) is 0 Å². The zero-order valence-corrected chi connectivity index (χ0v) is 16.5. The SMILES string of the molecule is CCCCCCCCCCCC(=O)[O-].[H-].[K+].[Na+]. The van der Waals surface area contributed by atoms with Crippen LogP contribution in [0.3, 0.4) is 0 Å². The molecule has 0 amide bonds. The van der Waals surface area contributed by atoms with E-state index in [9.17, 15) is 9.90 Å². The number of carboxylic acid groups (broad SMARTS) is 1. The van der Waals surface area contributed by atoms with E-state index in [0.717, 1.165) is 12.8 Å². The van der Waals surface area contributed by atoms with Crippen LogP contribution in [0.2, 0.25) is 0 Å². The van der Waals surface area contributed by atoms with Crippen molar-refractivity contribution >= 4 is 5.97 Å². The van der Waals surface area contributed by atoms with Gasteiger partial charge < -0.3 is 11.3 Å². The molecule has 0 aliphatic rings. The summed E-state index contributed by atoms with van der Waals surface area (Å²) in [5.41, 5.74) is 0. The van der Waals surface area contributed by atoms with Crippen molar-refractivity contribution in [2.24, 2.45) is 0 Å². The van der Waals surface area contributed by atoms with Crippen molar-refractivity contribution in [1.29, 1.82) is 0 Å². The molecule has 0 rings (SSSR count). The molecule has 0 aromatic carbocycles. The molecule has 86 valence electrons. The summed E-state index contributed by atoms with van der Waals surface area (Å²) in [6, 6.07) is 0. The Hall–Kier alpha value is 2.11. The second-order valence-electron chi connectivity index (χ2n) is 3.95. The minimum absolute atomic E-state index is 0. The van der Waals surface area contributed by atoms with Crippen molar-refractivity contribution in [2.75, 3.05) is 0 Å². The van der Waals surface area contributed by atoms with Crippen LogP contribution in [-0.2, 0) is 4.79 Å². The maximum Gasteiger partial charge on any atom is 1.00 e. The molecule has 0 bridgehead atoms. The van der Waals surface area contributed by atoms with Crippen LogP contribution in [0.25, 0.3) is 0 Å². The molecule has 0 aromatic rings. The van der Waals surface area contributed by atoms with Crippen molar-refractivity contribution in [3.8, 4) is 0 Å². The number of hydrogen-bond acceptors (Lipinski definition) is 2. The van der Waals surface area contributed by atoms with Gasteiger partial charge in [-0.3, -0.25) is 0 Å². The first-order valence-electron chi connectivity index (χ1n) is 5.97. The van der Waals surface area contributed by atoms with Gasteiger partial charge in [-0.15, -0.1) is 0 Å². The Kier molecular flexibility index (Phi) is 28.2. The molecule has 0 unspecified atom stereocenters. The Bertz CT molecular complexity index is 148. The molecule has 0 saturated heterocycles. The first-order chi connectivity index (χ1) is 6.77. The fourth-order valence-corrected chi connectivity index (χ4v) is 1.58. The summed E-state index contributed by atoms with van der Waals surface area (Å²) < 4.78 is 0. The molecule has 0 aliphatic carbocycles. The Morgan fingerprint density at radius 3 is 1.69 bits per heavy atom. The van der Waals surface area contributed by atoms with Crippen LogP contribution in [0, 0.1) is 0 Å². The van der Waals surface area contributed by atoms with Gasteiger partial charge in [-0.2, -0.15) is 0 Å². The molecule has 0 saturated carbocycles. The van der Waals surface area contributed by atoms with Gasteiger partial charge >= 0.3 is 80.9 Å². The number of hydrogen-bond donors (Lipinski definition) is 0. The Balaban J connectivity index is -0.000000282. The molecule has 0 aliphatic heterocycles. The maximum atomic E-state index is 10.1. The monoisotopic (exact) mass is 262 g/mol. The van der Waals surface area contributed by atoms with Gasteiger partial charge in [0.15, 0.2) is 0 Å². The quantitative estimate of drug-likeness (QED) is 0.307. The van der Waals surface area contributed by atoms with E-state index in [0.29, 0.717) is 0 Å². The van der Waals surface area contributed by atoms with Crippen LogP contribution in [0.1, 0.15) is 72.6 Å². The molecule has 0 spiro atoms. The fraction of sp³-hybridized carbons (Fsp3) is 0.917. The smallest absolute Gasteiger partial charge is 1.00 e. The Morgan fingerprint density at radius 1 is 0.938 bits per heavy atom. The topological polar surface area (TPSA) is 40.1 Å². The molecule has 0 atom stereocenters. The number of unbranched alkanes of at least 4 members (excludes halogenated alkanes) is 8. The van der Waals surface area contributed by atoms with Gasteiger partial charge in [0, 0.05) is 5.97 Å². The van der Waals surface area contributed by atoms with Gasteiger partial charge in [0.2, 0.25) is 0 Å². The van der Waals surface area contributed by atoms with E-state index in [-0.39, 0.29) is 88.8 Å². The molecule has 4 heteroatoms. The number of carbonyl (C=O) groups excluding carboxylic acids is 1. The predicted octanol–water partition coefficient (Wildman–Crippen LogP) is -3.22. The fourth-order valence-electron chi connectivity index (χ4n) is 1.58. The average molecular weight is 262 g/mol. The van der Waals surface area contributed by atoms with Crippen LogP contribution < -0.4 is 86.0 Å². The number of carboxylic acids is 1. The zero-order valence-electron chi connectivity index (χ0n) is 12.4. The number of carbonyl (C=O) groups is 1. The number of rotatable bonds is 10. The molecule has 0 radical (unpaired) electrons. The first kappa shape index (κ1) is 23.2. The van der Waals surface area contributed by atoms with E-state index in [2.05, 4.69) is 6.92 Å². The molecular formula is C12H24KNaO2. The average Bonchev–Trinajstić information content (AvgIpc) is 2.15. The van der Waals surface area contributed by atoms with Crippen molar-refractivity contribution in [3.63, 3.8) is 0 Å². The number of aliphatic carboxylic acids is 1. The summed E-state index contributed by atoms with van der Waals surface area (Å²) in [4.78, 5) is 10.1. The van der Waals surface area contributed by atoms with Crippen molar-refractivity contribution in [1.82, 2.24) is 0 Å². The van der Waals surface area contributed by atoms with Crippen LogP contribution in [0.15, 0.2) is 0 Å². The van der Waals surface area contributed by atoms with Gasteiger partial charge in [0.05, 0.1) is 0 Å². The molecule has 0 aromatic heterocycles. The molecule has 0 N–H and O–H groups in total. The second kappa shape index (κ2) is 19.4. The third kappa shape index (κ3) is 21.4. The zero-order chi connectivity index (χ0) is 10.6. The van der Waals surface area contributed by atoms with Gasteiger partial charge in [-0.05, 0) is 12.8 Å². The molecule has 16 heavy (non-hydrogen) atoms. The minimum atomic E-state index is -0.909. The van der Waals surface area contributed by atoms with Crippen LogP contribution >= 0.6 is 0 Å². The predicted molar refractivity (Wildman–Crippen MR) is 58.0 cm³/mol. The van der Waals surface area contributed by atoms with Gasteiger partial charge in [-0.1, -0.05) is 58.3 Å². The standard InChI is InChI=1S/C12H24O2.K.Na.H/c1-2-3-4-5-6-7-8-9-10-11-12(13)14;;;/h2-11H2,1H3,(H,13,14);;;/q;2*+1;-1/p-1. The molecule has 2 nitrogen and oxygen atoms in total. The van der Waals surface area contributed by atoms with Gasteiger partial charge in [-0.25, -0.2) is 0 Å². The van der Waals surface area contributed by atoms with Crippen molar-refractivity contribution in [3.05, 3.63) is 0 Å². The third-order valence-corrected chi connectivity index (χ3v) is 2.48. The van der Waals surface area contributed by atoms with Gasteiger partial charge in [0.25, 0.3) is 0 Å². The third-order valence-electron chi connectivity index (χ3n) is 2.48. The van der Waals surface area contributed by atoms with Crippen LogP contribution in [-0.4, -0.2) is 5.97 Å². The Morgan fingerprint density at radius 2 is 1.31 bits per heavy atom. The summed E-state index contributed by atoms with van der Waals surface area (Å²) in [6.07, 6.45) is 11.2. The van der Waals surface area contributed by atoms with E-state index in [1.165, 1.54) is 44.9 Å². The largest absolute Gasteiger partial charge is 1.00 e. The Labute approximate surface area is 167 Å². The molecule has 0 heterocycles. The minimum Gasteiger partial charge on any atom is -1.00 e. The summed E-state index contributed by atoms with van der Waals surface area (Å²) in [7, 11) is 0. The van der Waals surface area contributed by atoms with Crippen molar-refractivity contribution < 1.29 is 92.3 Å². The van der Waals surface area contributed by atoms with E-state index in [4.69, 9.17) is 0 Å². The van der Waals surface area contributed by atoms with Crippen molar-refractivity contribution in [2.45, 2.75) is 71.1 Å². The van der Waals surface area contributed by atoms with Crippen LogP contribution in [0.5, 0.6) is 0 Å².